The van der Waals surface area contributed by atoms with Gasteiger partial charge < -0.3 is 15.5 Å². The van der Waals surface area contributed by atoms with Gasteiger partial charge in [0.15, 0.2) is 0 Å². The van der Waals surface area contributed by atoms with Crippen molar-refractivity contribution in [1.29, 1.82) is 0 Å². The number of halogens is 1. The summed E-state index contributed by atoms with van der Waals surface area (Å²) in [5, 5.41) is 0. The van der Waals surface area contributed by atoms with Crippen LogP contribution >= 0.6 is 15.9 Å². The minimum atomic E-state index is -0.873. The van der Waals surface area contributed by atoms with Crippen molar-refractivity contribution in [2.24, 2.45) is 5.73 Å². The van der Waals surface area contributed by atoms with Crippen LogP contribution in [0.3, 0.4) is 0 Å². The molecule has 0 unspecified atom stereocenters. The van der Waals surface area contributed by atoms with Crippen LogP contribution in [0.2, 0.25) is 0 Å². The SMILES string of the molecule is CN(c1ccccc1Br)C1CCN(C(=O)C(N)=O)CC1. The van der Waals surface area contributed by atoms with Gasteiger partial charge in [-0.3, -0.25) is 9.59 Å². The number of hydrogen-bond donors (Lipinski definition) is 1. The second-order valence-corrected chi connectivity index (χ2v) is 5.80. The fourth-order valence-corrected chi connectivity index (χ4v) is 3.11. The number of primary amides is 1. The third-order valence-corrected chi connectivity index (χ3v) is 4.41. The van der Waals surface area contributed by atoms with Gasteiger partial charge >= 0.3 is 11.8 Å². The molecule has 5 nitrogen and oxygen atoms in total. The van der Waals surface area contributed by atoms with Crippen molar-refractivity contribution in [3.05, 3.63) is 28.7 Å². The van der Waals surface area contributed by atoms with Gasteiger partial charge in [-0.05, 0) is 40.9 Å². The predicted molar refractivity (Wildman–Crippen MR) is 81.3 cm³/mol. The van der Waals surface area contributed by atoms with E-state index in [9.17, 15) is 9.59 Å². The quantitative estimate of drug-likeness (QED) is 0.827. The van der Waals surface area contributed by atoms with Crippen molar-refractivity contribution in [1.82, 2.24) is 4.90 Å². The number of carbonyl (C=O) groups excluding carboxylic acids is 2. The van der Waals surface area contributed by atoms with Crippen LogP contribution in [0, 0.1) is 0 Å². The zero-order valence-corrected chi connectivity index (χ0v) is 13.0. The summed E-state index contributed by atoms with van der Waals surface area (Å²) in [6.45, 7) is 1.14. The number of likely N-dealkylation sites (tertiary alicyclic amines) is 1. The first-order valence-corrected chi connectivity index (χ1v) is 7.36. The van der Waals surface area contributed by atoms with Crippen molar-refractivity contribution >= 4 is 33.4 Å². The van der Waals surface area contributed by atoms with Gasteiger partial charge in [0.1, 0.15) is 0 Å². The smallest absolute Gasteiger partial charge is 0.311 e. The molecule has 2 N–H and O–H groups in total. The monoisotopic (exact) mass is 339 g/mol. The number of piperidine rings is 1. The third-order valence-electron chi connectivity index (χ3n) is 3.74. The Balaban J connectivity index is 1.99. The number of nitrogens with two attached hydrogens (primary N) is 1. The Morgan fingerprint density at radius 3 is 2.45 bits per heavy atom. The average molecular weight is 340 g/mol. The highest BCUT2D eigenvalue weighted by Gasteiger charge is 2.27. The lowest BCUT2D eigenvalue weighted by Gasteiger charge is -2.37. The van der Waals surface area contributed by atoms with E-state index < -0.39 is 11.8 Å². The van der Waals surface area contributed by atoms with Crippen molar-refractivity contribution in [3.63, 3.8) is 0 Å². The molecule has 0 atom stereocenters. The fourth-order valence-electron chi connectivity index (χ4n) is 2.55. The van der Waals surface area contributed by atoms with Gasteiger partial charge in [-0.15, -0.1) is 0 Å². The van der Waals surface area contributed by atoms with E-state index in [1.807, 2.05) is 18.2 Å². The maximum Gasteiger partial charge on any atom is 0.311 e. The van der Waals surface area contributed by atoms with E-state index in [1.165, 1.54) is 4.90 Å². The summed E-state index contributed by atoms with van der Waals surface area (Å²) in [7, 11) is 2.05. The molecular formula is C14H18BrN3O2. The Labute approximate surface area is 126 Å². The minimum Gasteiger partial charge on any atom is -0.371 e. The van der Waals surface area contributed by atoms with Gasteiger partial charge in [-0.1, -0.05) is 12.1 Å². The molecule has 1 aliphatic rings. The second-order valence-electron chi connectivity index (χ2n) is 4.95. The van der Waals surface area contributed by atoms with Crippen LogP contribution in [0.4, 0.5) is 5.69 Å². The lowest BCUT2D eigenvalue weighted by atomic mass is 10.0. The normalized spacial score (nSPS) is 16.0. The van der Waals surface area contributed by atoms with Gasteiger partial charge in [-0.2, -0.15) is 0 Å². The number of para-hydroxylation sites is 1. The highest BCUT2D eigenvalue weighted by Crippen LogP contribution is 2.28. The summed E-state index contributed by atoms with van der Waals surface area (Å²) < 4.78 is 1.05. The van der Waals surface area contributed by atoms with E-state index >= 15 is 0 Å². The number of benzene rings is 1. The van der Waals surface area contributed by atoms with Crippen LogP contribution in [-0.4, -0.2) is 42.9 Å². The van der Waals surface area contributed by atoms with Crippen LogP contribution in [-0.2, 0) is 9.59 Å². The molecule has 1 aromatic rings. The maximum atomic E-state index is 11.5. The maximum absolute atomic E-state index is 11.5. The highest BCUT2D eigenvalue weighted by molar-refractivity contribution is 9.10. The van der Waals surface area contributed by atoms with E-state index in [4.69, 9.17) is 5.73 Å². The van der Waals surface area contributed by atoms with Crippen molar-refractivity contribution in [2.45, 2.75) is 18.9 Å². The third kappa shape index (κ3) is 3.12. The van der Waals surface area contributed by atoms with E-state index in [0.29, 0.717) is 19.1 Å². The van der Waals surface area contributed by atoms with Gasteiger partial charge in [-0.25, -0.2) is 0 Å². The lowest BCUT2D eigenvalue weighted by Crippen LogP contribution is -2.49. The van der Waals surface area contributed by atoms with Crippen LogP contribution in [0.5, 0.6) is 0 Å². The molecule has 6 heteroatoms. The molecule has 2 amide bonds. The molecule has 1 saturated heterocycles. The number of rotatable bonds is 2. The number of nitrogens with zero attached hydrogens (tertiary/aromatic N) is 2. The van der Waals surface area contributed by atoms with Gasteiger partial charge in [0.2, 0.25) is 0 Å². The summed E-state index contributed by atoms with van der Waals surface area (Å²) in [6.07, 6.45) is 1.66. The predicted octanol–water partition coefficient (Wildman–Crippen LogP) is 1.36. The number of hydrogen-bond acceptors (Lipinski definition) is 3. The van der Waals surface area contributed by atoms with Crippen molar-refractivity contribution in [2.75, 3.05) is 25.0 Å². The van der Waals surface area contributed by atoms with Crippen molar-refractivity contribution < 1.29 is 9.59 Å². The van der Waals surface area contributed by atoms with E-state index in [2.05, 4.69) is 33.9 Å². The fraction of sp³-hybridized carbons (Fsp3) is 0.429. The molecule has 0 radical (unpaired) electrons. The molecular weight excluding hydrogens is 322 g/mol. The molecule has 1 heterocycles. The zero-order valence-electron chi connectivity index (χ0n) is 11.4. The van der Waals surface area contributed by atoms with Crippen LogP contribution in [0.15, 0.2) is 28.7 Å². The van der Waals surface area contributed by atoms with Gasteiger partial charge in [0.25, 0.3) is 0 Å². The Morgan fingerprint density at radius 2 is 1.90 bits per heavy atom. The summed E-state index contributed by atoms with van der Waals surface area (Å²) in [5.74, 6) is -1.45. The molecule has 0 aromatic heterocycles. The Kier molecular flexibility index (Phi) is 4.65. The molecule has 1 aliphatic heterocycles. The minimum absolute atomic E-state index is 0.352. The Bertz CT molecular complexity index is 513. The summed E-state index contributed by atoms with van der Waals surface area (Å²) >= 11 is 3.55. The molecule has 0 bridgehead atoms. The zero-order chi connectivity index (χ0) is 14.7. The first-order valence-electron chi connectivity index (χ1n) is 6.56. The molecule has 2 rings (SSSR count). The Hall–Kier alpha value is -1.56. The summed E-state index contributed by atoms with van der Waals surface area (Å²) in [5.41, 5.74) is 6.16. The van der Waals surface area contributed by atoms with Gasteiger partial charge in [0, 0.05) is 30.7 Å². The van der Waals surface area contributed by atoms with E-state index in [0.717, 1.165) is 23.0 Å². The molecule has 20 heavy (non-hydrogen) atoms. The Morgan fingerprint density at radius 1 is 1.30 bits per heavy atom. The van der Waals surface area contributed by atoms with Crippen LogP contribution in [0.25, 0.3) is 0 Å². The van der Waals surface area contributed by atoms with Crippen LogP contribution in [0.1, 0.15) is 12.8 Å². The molecule has 0 spiro atoms. The average Bonchev–Trinajstić information content (AvgIpc) is 2.46. The molecule has 0 saturated carbocycles. The molecule has 1 fully saturated rings. The van der Waals surface area contributed by atoms with E-state index in [1.54, 1.807) is 0 Å². The lowest BCUT2D eigenvalue weighted by molar-refractivity contribution is -0.144. The van der Waals surface area contributed by atoms with Crippen molar-refractivity contribution in [3.8, 4) is 0 Å². The van der Waals surface area contributed by atoms with Gasteiger partial charge in [0.05, 0.1) is 5.69 Å². The molecule has 1 aromatic carbocycles. The summed E-state index contributed by atoms with van der Waals surface area (Å²) in [4.78, 5) is 26.2. The molecule has 108 valence electrons. The number of anilines is 1. The largest absolute Gasteiger partial charge is 0.371 e. The number of amides is 2. The first kappa shape index (κ1) is 14.8. The highest BCUT2D eigenvalue weighted by atomic mass is 79.9. The topological polar surface area (TPSA) is 66.6 Å². The van der Waals surface area contributed by atoms with E-state index in [-0.39, 0.29) is 0 Å². The first-order chi connectivity index (χ1) is 9.50. The second kappa shape index (κ2) is 6.26. The van der Waals surface area contributed by atoms with Crippen LogP contribution < -0.4 is 10.6 Å². The number of carbonyl (C=O) groups is 2. The molecule has 0 aliphatic carbocycles. The standard InChI is InChI=1S/C14H18BrN3O2/c1-17(12-5-3-2-4-11(12)15)10-6-8-18(9-7-10)14(20)13(16)19/h2-5,10H,6-9H2,1H3,(H2,16,19). The summed E-state index contributed by atoms with van der Waals surface area (Å²) in [6, 6.07) is 8.41.